The fourth-order valence-corrected chi connectivity index (χ4v) is 3.15. The van der Waals surface area contributed by atoms with E-state index in [2.05, 4.69) is 15.3 Å². The van der Waals surface area contributed by atoms with Gasteiger partial charge in [0.15, 0.2) is 0 Å². The first kappa shape index (κ1) is 21.1. The molecular formula is C26H24N4O2. The van der Waals surface area contributed by atoms with Gasteiger partial charge in [-0.15, -0.1) is 0 Å². The van der Waals surface area contributed by atoms with Crippen LogP contribution in [0.25, 0.3) is 0 Å². The van der Waals surface area contributed by atoms with Crippen LogP contribution in [0, 0.1) is 0 Å². The molecule has 0 saturated carbocycles. The van der Waals surface area contributed by atoms with E-state index in [1.165, 1.54) is 0 Å². The molecule has 2 heterocycles. The second-order valence-corrected chi connectivity index (χ2v) is 7.23. The van der Waals surface area contributed by atoms with Gasteiger partial charge in [0.2, 0.25) is 0 Å². The van der Waals surface area contributed by atoms with Crippen LogP contribution in [0.2, 0.25) is 0 Å². The Morgan fingerprint density at radius 1 is 0.750 bits per heavy atom. The number of nitrogens with one attached hydrogen (secondary N) is 1. The van der Waals surface area contributed by atoms with E-state index in [0.717, 1.165) is 22.7 Å². The van der Waals surface area contributed by atoms with Gasteiger partial charge in [0, 0.05) is 18.1 Å². The smallest absolute Gasteiger partial charge is 0.322 e. The van der Waals surface area contributed by atoms with Crippen LogP contribution in [0.15, 0.2) is 103 Å². The van der Waals surface area contributed by atoms with Gasteiger partial charge in [-0.3, -0.25) is 9.97 Å². The first-order chi connectivity index (χ1) is 15.8. The number of nitrogens with zero attached hydrogens (tertiary/aromatic N) is 3. The number of amides is 2. The summed E-state index contributed by atoms with van der Waals surface area (Å²) in [6, 6.07) is 28.5. The monoisotopic (exact) mass is 424 g/mol. The third-order valence-electron chi connectivity index (χ3n) is 4.80. The molecule has 32 heavy (non-hydrogen) atoms. The maximum Gasteiger partial charge on any atom is 0.322 e. The maximum absolute atomic E-state index is 13.0. The van der Waals surface area contributed by atoms with Gasteiger partial charge in [0.1, 0.15) is 12.4 Å². The van der Waals surface area contributed by atoms with Crippen LogP contribution in [0.3, 0.4) is 0 Å². The standard InChI is InChI=1S/C26H24N4O2/c31-26(29-22-12-14-25(15-13-22)32-20-21-8-2-1-3-9-21)30(18-23-10-4-6-16-27-23)19-24-11-5-7-17-28-24/h1-17H,18-20H2,(H,29,31). The molecule has 2 amide bonds. The molecule has 6 heteroatoms. The fourth-order valence-electron chi connectivity index (χ4n) is 3.15. The summed E-state index contributed by atoms with van der Waals surface area (Å²) >= 11 is 0. The highest BCUT2D eigenvalue weighted by Crippen LogP contribution is 2.18. The molecule has 0 bridgehead atoms. The van der Waals surface area contributed by atoms with Crippen LogP contribution in [-0.4, -0.2) is 20.9 Å². The minimum Gasteiger partial charge on any atom is -0.489 e. The van der Waals surface area contributed by atoms with Gasteiger partial charge in [-0.25, -0.2) is 4.79 Å². The van der Waals surface area contributed by atoms with Gasteiger partial charge in [-0.2, -0.15) is 0 Å². The van der Waals surface area contributed by atoms with Crippen molar-refractivity contribution in [2.45, 2.75) is 19.7 Å². The van der Waals surface area contributed by atoms with E-state index in [4.69, 9.17) is 4.74 Å². The van der Waals surface area contributed by atoms with Crippen molar-refractivity contribution in [1.29, 1.82) is 0 Å². The first-order valence-electron chi connectivity index (χ1n) is 10.4. The van der Waals surface area contributed by atoms with Gasteiger partial charge in [-0.05, 0) is 54.1 Å². The largest absolute Gasteiger partial charge is 0.489 e. The van der Waals surface area contributed by atoms with Crippen LogP contribution in [0.5, 0.6) is 5.75 Å². The topological polar surface area (TPSA) is 67.3 Å². The molecule has 0 aliphatic rings. The predicted octanol–water partition coefficient (Wildman–Crippen LogP) is 5.29. The lowest BCUT2D eigenvalue weighted by molar-refractivity contribution is 0.205. The summed E-state index contributed by atoms with van der Waals surface area (Å²) in [7, 11) is 0. The third-order valence-corrected chi connectivity index (χ3v) is 4.80. The zero-order valence-electron chi connectivity index (χ0n) is 17.6. The minimum absolute atomic E-state index is 0.223. The highest BCUT2D eigenvalue weighted by molar-refractivity contribution is 5.89. The van der Waals surface area contributed by atoms with Crippen LogP contribution in [0.1, 0.15) is 17.0 Å². The number of benzene rings is 2. The molecule has 1 N–H and O–H groups in total. The van der Waals surface area contributed by atoms with Crippen molar-refractivity contribution in [1.82, 2.24) is 14.9 Å². The maximum atomic E-state index is 13.0. The highest BCUT2D eigenvalue weighted by atomic mass is 16.5. The van der Waals surface area contributed by atoms with Gasteiger partial charge in [0.25, 0.3) is 0 Å². The Hall–Kier alpha value is -4.19. The number of ether oxygens (including phenoxy) is 1. The van der Waals surface area contributed by atoms with E-state index >= 15 is 0 Å². The van der Waals surface area contributed by atoms with Crippen LogP contribution >= 0.6 is 0 Å². The van der Waals surface area contributed by atoms with E-state index in [0.29, 0.717) is 25.4 Å². The average molecular weight is 425 g/mol. The molecule has 2 aromatic carbocycles. The second-order valence-electron chi connectivity index (χ2n) is 7.23. The Morgan fingerprint density at radius 3 is 1.91 bits per heavy atom. The molecule has 6 nitrogen and oxygen atoms in total. The fraction of sp³-hybridized carbons (Fsp3) is 0.115. The van der Waals surface area contributed by atoms with Crippen molar-refractivity contribution in [3.8, 4) is 5.75 Å². The van der Waals surface area contributed by atoms with Crippen molar-refractivity contribution in [3.05, 3.63) is 120 Å². The lowest BCUT2D eigenvalue weighted by Crippen LogP contribution is -2.34. The molecule has 160 valence electrons. The van der Waals surface area contributed by atoms with Gasteiger partial charge < -0.3 is 15.0 Å². The lowest BCUT2D eigenvalue weighted by atomic mass is 10.2. The summed E-state index contributed by atoms with van der Waals surface area (Å²) < 4.78 is 5.82. The van der Waals surface area contributed by atoms with Crippen molar-refractivity contribution < 1.29 is 9.53 Å². The average Bonchev–Trinajstić information content (AvgIpc) is 2.85. The van der Waals surface area contributed by atoms with Gasteiger partial charge in [-0.1, -0.05) is 42.5 Å². The Labute approximate surface area is 187 Å². The number of aromatic nitrogens is 2. The van der Waals surface area contributed by atoms with E-state index in [1.807, 2.05) is 91.0 Å². The summed E-state index contributed by atoms with van der Waals surface area (Å²) in [5, 5.41) is 2.96. The molecule has 0 aliphatic carbocycles. The summed E-state index contributed by atoms with van der Waals surface area (Å²) in [5.74, 6) is 0.741. The molecule has 0 radical (unpaired) electrons. The number of rotatable bonds is 8. The number of carbonyl (C=O) groups excluding carboxylic acids is 1. The third kappa shape index (κ3) is 6.15. The Kier molecular flexibility index (Phi) is 7.06. The van der Waals surface area contributed by atoms with Crippen LogP contribution in [0.4, 0.5) is 10.5 Å². The molecule has 0 saturated heterocycles. The Balaban J connectivity index is 1.40. The highest BCUT2D eigenvalue weighted by Gasteiger charge is 2.16. The SMILES string of the molecule is O=C(Nc1ccc(OCc2ccccc2)cc1)N(Cc1ccccn1)Cc1ccccn1. The van der Waals surface area contributed by atoms with E-state index < -0.39 is 0 Å². The first-order valence-corrected chi connectivity index (χ1v) is 10.4. The molecular weight excluding hydrogens is 400 g/mol. The van der Waals surface area contributed by atoms with Crippen molar-refractivity contribution >= 4 is 11.7 Å². The summed E-state index contributed by atoms with van der Waals surface area (Å²) in [6.07, 6.45) is 3.45. The quantitative estimate of drug-likeness (QED) is 0.417. The zero-order chi connectivity index (χ0) is 22.0. The minimum atomic E-state index is -0.223. The molecule has 0 aliphatic heterocycles. The van der Waals surface area contributed by atoms with E-state index in [9.17, 15) is 4.79 Å². The van der Waals surface area contributed by atoms with Crippen molar-refractivity contribution in [3.63, 3.8) is 0 Å². The molecule has 2 aromatic heterocycles. The number of hydrogen-bond acceptors (Lipinski definition) is 4. The predicted molar refractivity (Wildman–Crippen MR) is 124 cm³/mol. The summed E-state index contributed by atoms with van der Waals surface area (Å²) in [5.41, 5.74) is 3.41. The zero-order valence-corrected chi connectivity index (χ0v) is 17.6. The molecule has 0 atom stereocenters. The van der Waals surface area contributed by atoms with E-state index in [-0.39, 0.29) is 6.03 Å². The van der Waals surface area contributed by atoms with Gasteiger partial charge >= 0.3 is 6.03 Å². The molecule has 0 fully saturated rings. The second kappa shape index (κ2) is 10.7. The normalized spacial score (nSPS) is 10.4. The summed E-state index contributed by atoms with van der Waals surface area (Å²) in [6.45, 7) is 1.25. The molecule has 4 aromatic rings. The molecule has 4 rings (SSSR count). The number of pyridine rings is 2. The van der Waals surface area contributed by atoms with Gasteiger partial charge in [0.05, 0.1) is 24.5 Å². The number of carbonyl (C=O) groups is 1. The summed E-state index contributed by atoms with van der Waals surface area (Å²) in [4.78, 5) is 23.4. The molecule has 0 unspecified atom stereocenters. The molecule has 0 spiro atoms. The van der Waals surface area contributed by atoms with Crippen molar-refractivity contribution in [2.24, 2.45) is 0 Å². The Morgan fingerprint density at radius 2 is 1.34 bits per heavy atom. The number of urea groups is 1. The Bertz CT molecular complexity index is 1060. The van der Waals surface area contributed by atoms with E-state index in [1.54, 1.807) is 17.3 Å². The van der Waals surface area contributed by atoms with Crippen molar-refractivity contribution in [2.75, 3.05) is 5.32 Å². The number of anilines is 1. The van der Waals surface area contributed by atoms with Crippen LogP contribution < -0.4 is 10.1 Å². The number of hydrogen-bond donors (Lipinski definition) is 1. The lowest BCUT2D eigenvalue weighted by Gasteiger charge is -2.22. The van der Waals surface area contributed by atoms with Crippen LogP contribution in [-0.2, 0) is 19.7 Å².